The van der Waals surface area contributed by atoms with Gasteiger partial charge in [0.15, 0.2) is 15.0 Å². The first-order valence-electron chi connectivity index (χ1n) is 9.23. The summed E-state index contributed by atoms with van der Waals surface area (Å²) >= 11 is 1.51. The molecule has 0 atom stereocenters. The highest BCUT2D eigenvalue weighted by atomic mass is 32.2. The molecule has 0 aliphatic rings. The maximum Gasteiger partial charge on any atom is 0.175 e. The highest BCUT2D eigenvalue weighted by molar-refractivity contribution is 7.98. The van der Waals surface area contributed by atoms with Gasteiger partial charge in [0.1, 0.15) is 5.82 Å². The van der Waals surface area contributed by atoms with Gasteiger partial charge in [-0.05, 0) is 35.9 Å². The van der Waals surface area contributed by atoms with E-state index in [2.05, 4.69) is 0 Å². The van der Waals surface area contributed by atoms with Crippen molar-refractivity contribution < 1.29 is 12.8 Å². The van der Waals surface area contributed by atoms with Gasteiger partial charge in [-0.25, -0.2) is 17.8 Å². The molecule has 0 spiro atoms. The lowest BCUT2D eigenvalue weighted by atomic mass is 10.2. The Kier molecular flexibility index (Phi) is 5.74. The zero-order valence-corrected chi connectivity index (χ0v) is 17.8. The smallest absolute Gasteiger partial charge is 0.175 e. The summed E-state index contributed by atoms with van der Waals surface area (Å²) in [4.78, 5) is 5.06. The molecule has 4 aromatic rings. The third kappa shape index (κ3) is 4.63. The Balaban J connectivity index is 1.65. The second-order valence-electron chi connectivity index (χ2n) is 6.83. The first-order chi connectivity index (χ1) is 14.4. The van der Waals surface area contributed by atoms with Gasteiger partial charge >= 0.3 is 0 Å². The van der Waals surface area contributed by atoms with Crippen molar-refractivity contribution in [1.82, 2.24) is 9.55 Å². The summed E-state index contributed by atoms with van der Waals surface area (Å²) in [6.45, 7) is 0. The lowest BCUT2D eigenvalue weighted by Crippen LogP contribution is -1.97. The minimum Gasteiger partial charge on any atom is -0.294 e. The summed E-state index contributed by atoms with van der Waals surface area (Å²) in [5.74, 6) is 0.291. The van der Waals surface area contributed by atoms with Crippen LogP contribution in [0.1, 0.15) is 5.56 Å². The topological polar surface area (TPSA) is 52.0 Å². The van der Waals surface area contributed by atoms with Crippen molar-refractivity contribution >= 4 is 21.6 Å². The predicted octanol–water partition coefficient (Wildman–Crippen LogP) is 5.37. The normalized spacial score (nSPS) is 11.5. The van der Waals surface area contributed by atoms with E-state index in [0.29, 0.717) is 16.3 Å². The Morgan fingerprint density at radius 1 is 0.967 bits per heavy atom. The average Bonchev–Trinajstić information content (AvgIpc) is 3.17. The molecule has 0 amide bonds. The van der Waals surface area contributed by atoms with Gasteiger partial charge in [-0.1, -0.05) is 60.3 Å². The largest absolute Gasteiger partial charge is 0.294 e. The van der Waals surface area contributed by atoms with Crippen molar-refractivity contribution in [3.63, 3.8) is 0 Å². The molecular formula is C23H19FN2O2S2. The second-order valence-corrected chi connectivity index (χ2v) is 9.79. The number of halogens is 1. The lowest BCUT2D eigenvalue weighted by Gasteiger charge is -2.08. The number of hydrogen-bond acceptors (Lipinski definition) is 4. The van der Waals surface area contributed by atoms with Crippen molar-refractivity contribution in [2.75, 3.05) is 6.26 Å². The minimum absolute atomic E-state index is 0.295. The van der Waals surface area contributed by atoms with E-state index in [4.69, 9.17) is 4.98 Å². The number of hydrogen-bond donors (Lipinski definition) is 0. The van der Waals surface area contributed by atoms with Crippen molar-refractivity contribution in [2.24, 2.45) is 0 Å². The van der Waals surface area contributed by atoms with Gasteiger partial charge < -0.3 is 0 Å². The quantitative estimate of drug-likeness (QED) is 0.380. The van der Waals surface area contributed by atoms with Crippen LogP contribution in [0.3, 0.4) is 0 Å². The van der Waals surface area contributed by atoms with E-state index in [9.17, 15) is 12.8 Å². The number of sulfone groups is 1. The van der Waals surface area contributed by atoms with Crippen LogP contribution in [0.15, 0.2) is 95.1 Å². The molecule has 1 aromatic heterocycles. The maximum atomic E-state index is 13.8. The molecule has 7 heteroatoms. The van der Waals surface area contributed by atoms with Crippen LogP contribution in [0.25, 0.3) is 16.9 Å². The first kappa shape index (κ1) is 20.4. The molecule has 0 bridgehead atoms. The molecule has 152 valence electrons. The van der Waals surface area contributed by atoms with Crippen LogP contribution in [-0.2, 0) is 15.6 Å². The first-order valence-corrected chi connectivity index (χ1v) is 12.1. The third-order valence-corrected chi connectivity index (χ3v) is 6.70. The summed E-state index contributed by atoms with van der Waals surface area (Å²) in [6.07, 6.45) is 3.09. The van der Waals surface area contributed by atoms with Gasteiger partial charge in [0.05, 0.1) is 16.3 Å². The number of nitrogens with zero attached hydrogens (tertiary/aromatic N) is 2. The number of benzene rings is 3. The number of aromatic nitrogens is 2. The Morgan fingerprint density at radius 3 is 2.37 bits per heavy atom. The molecule has 0 saturated carbocycles. The zero-order valence-electron chi connectivity index (χ0n) is 16.2. The number of rotatable bonds is 6. The minimum atomic E-state index is -3.22. The molecule has 4 rings (SSSR count). The molecule has 0 aliphatic heterocycles. The van der Waals surface area contributed by atoms with Gasteiger partial charge in [0, 0.05) is 23.8 Å². The van der Waals surface area contributed by atoms with Gasteiger partial charge in [0.2, 0.25) is 0 Å². The fourth-order valence-electron chi connectivity index (χ4n) is 3.00. The Labute approximate surface area is 179 Å². The van der Waals surface area contributed by atoms with Crippen LogP contribution >= 0.6 is 11.8 Å². The van der Waals surface area contributed by atoms with Crippen LogP contribution < -0.4 is 0 Å². The van der Waals surface area contributed by atoms with E-state index in [1.54, 1.807) is 30.3 Å². The SMILES string of the molecule is CS(=O)(=O)c1ccc(CSc2nc(-c3ccccc3)cn2-c2cccc(F)c2)cc1. The number of thioether (sulfide) groups is 1. The highest BCUT2D eigenvalue weighted by Gasteiger charge is 2.13. The Hall–Kier alpha value is -2.90. The molecule has 1 heterocycles. The van der Waals surface area contributed by atoms with E-state index >= 15 is 0 Å². The monoisotopic (exact) mass is 438 g/mol. The molecule has 0 fully saturated rings. The standard InChI is InChI=1S/C23H19FN2O2S2/c1-30(27,28)21-12-10-17(11-13-21)16-29-23-25-22(18-6-3-2-4-7-18)15-26(23)20-9-5-8-19(24)14-20/h2-15H,16H2,1H3. The molecule has 0 unspecified atom stereocenters. The van der Waals surface area contributed by atoms with Gasteiger partial charge in [-0.2, -0.15) is 0 Å². The van der Waals surface area contributed by atoms with Crippen molar-refractivity contribution in [2.45, 2.75) is 15.8 Å². The fraction of sp³-hybridized carbons (Fsp3) is 0.0870. The summed E-state index contributed by atoms with van der Waals surface area (Å²) in [6, 6.07) is 23.0. The summed E-state index contributed by atoms with van der Waals surface area (Å²) in [7, 11) is -3.22. The highest BCUT2D eigenvalue weighted by Crippen LogP contribution is 2.29. The Bertz CT molecular complexity index is 1270. The van der Waals surface area contributed by atoms with Crippen LogP contribution in [0.5, 0.6) is 0 Å². The molecule has 3 aromatic carbocycles. The van der Waals surface area contributed by atoms with E-state index in [-0.39, 0.29) is 5.82 Å². The van der Waals surface area contributed by atoms with Gasteiger partial charge in [-0.3, -0.25) is 4.57 Å². The van der Waals surface area contributed by atoms with Gasteiger partial charge in [0.25, 0.3) is 0 Å². The van der Waals surface area contributed by atoms with Crippen LogP contribution in [-0.4, -0.2) is 24.2 Å². The van der Waals surface area contributed by atoms with Crippen LogP contribution in [0.2, 0.25) is 0 Å². The predicted molar refractivity (Wildman–Crippen MR) is 118 cm³/mol. The fourth-order valence-corrected chi connectivity index (χ4v) is 4.58. The van der Waals surface area contributed by atoms with Crippen LogP contribution in [0, 0.1) is 5.82 Å². The molecule has 30 heavy (non-hydrogen) atoms. The Morgan fingerprint density at radius 2 is 1.70 bits per heavy atom. The van der Waals surface area contributed by atoms with E-state index in [0.717, 1.165) is 22.0 Å². The summed E-state index contributed by atoms with van der Waals surface area (Å²) in [5, 5.41) is 0.728. The molecular weight excluding hydrogens is 419 g/mol. The van der Waals surface area contributed by atoms with Crippen molar-refractivity contribution in [3.8, 4) is 16.9 Å². The zero-order chi connectivity index (χ0) is 21.1. The second kappa shape index (κ2) is 8.45. The summed E-state index contributed by atoms with van der Waals surface area (Å²) in [5.41, 5.74) is 3.45. The van der Waals surface area contributed by atoms with Gasteiger partial charge in [-0.15, -0.1) is 0 Å². The molecule has 0 saturated heterocycles. The average molecular weight is 439 g/mol. The van der Waals surface area contributed by atoms with E-state index in [1.807, 2.05) is 47.2 Å². The molecule has 0 radical (unpaired) electrons. The van der Waals surface area contributed by atoms with Crippen molar-refractivity contribution in [1.29, 1.82) is 0 Å². The number of imidazole rings is 1. The molecule has 0 aliphatic carbocycles. The maximum absolute atomic E-state index is 13.8. The van der Waals surface area contributed by atoms with Crippen molar-refractivity contribution in [3.05, 3.63) is 96.4 Å². The molecule has 4 nitrogen and oxygen atoms in total. The lowest BCUT2D eigenvalue weighted by molar-refractivity contribution is 0.602. The third-order valence-electron chi connectivity index (χ3n) is 4.55. The van der Waals surface area contributed by atoms with Crippen LogP contribution in [0.4, 0.5) is 4.39 Å². The van der Waals surface area contributed by atoms with E-state index < -0.39 is 9.84 Å². The van der Waals surface area contributed by atoms with E-state index in [1.165, 1.54) is 30.2 Å². The summed E-state index contributed by atoms with van der Waals surface area (Å²) < 4.78 is 39.0. The molecule has 0 N–H and O–H groups in total.